The molecule has 0 saturated heterocycles. The third-order valence-corrected chi connectivity index (χ3v) is 2.86. The van der Waals surface area contributed by atoms with Crippen molar-refractivity contribution in [2.24, 2.45) is 38.7 Å². The fraction of sp³-hybridized carbons (Fsp3) is 0.667. The van der Waals surface area contributed by atoms with Crippen molar-refractivity contribution in [3.8, 4) is 0 Å². The molecular weight excluding hydrogens is 411 g/mol. The maximum atomic E-state index is 11.9. The SMILES string of the molecule is Cl.Cl.Cl.NC(N)=NCCC[C@H](NC(=O)[C@@H](N)CCCN=C(N)N)C(=O)O. The molecule has 1 amide bonds. The molecule has 0 aromatic heterocycles. The van der Waals surface area contributed by atoms with Crippen molar-refractivity contribution in [3.63, 3.8) is 0 Å². The number of carboxylic acid groups (broad SMARTS) is 1. The molecule has 0 aliphatic carbocycles. The summed E-state index contributed by atoms with van der Waals surface area (Å²) < 4.78 is 0. The van der Waals surface area contributed by atoms with Gasteiger partial charge in [0.25, 0.3) is 0 Å². The van der Waals surface area contributed by atoms with Crippen LogP contribution in [0, 0.1) is 0 Å². The van der Waals surface area contributed by atoms with Crippen LogP contribution in [0.25, 0.3) is 0 Å². The molecule has 12 N–H and O–H groups in total. The van der Waals surface area contributed by atoms with Gasteiger partial charge in [-0.15, -0.1) is 37.2 Å². The Labute approximate surface area is 170 Å². The van der Waals surface area contributed by atoms with Crippen LogP contribution in [0.3, 0.4) is 0 Å². The van der Waals surface area contributed by atoms with Gasteiger partial charge in [-0.2, -0.15) is 0 Å². The van der Waals surface area contributed by atoms with Crippen molar-refractivity contribution >= 4 is 61.0 Å². The molecule has 0 unspecified atom stereocenters. The van der Waals surface area contributed by atoms with Crippen LogP contribution in [0.4, 0.5) is 0 Å². The van der Waals surface area contributed by atoms with Crippen LogP contribution in [-0.4, -0.2) is 54.1 Å². The number of carboxylic acids is 1. The van der Waals surface area contributed by atoms with E-state index in [4.69, 9.17) is 33.8 Å². The standard InChI is InChI=1S/C12H26N8O3.3ClH/c13-7(3-1-5-18-11(14)15)9(21)20-8(10(22)23)4-2-6-19-12(16)17;;;/h7-8H,1-6,13H2,(H,20,21)(H,22,23)(H4,14,15,18)(H4,16,17,19);3*1H/t7-,8-;;;/m0.../s1. The van der Waals surface area contributed by atoms with Gasteiger partial charge >= 0.3 is 5.97 Å². The third-order valence-electron chi connectivity index (χ3n) is 2.86. The molecule has 0 aromatic carbocycles. The van der Waals surface area contributed by atoms with Gasteiger partial charge in [-0.3, -0.25) is 14.8 Å². The van der Waals surface area contributed by atoms with Gasteiger partial charge < -0.3 is 39.1 Å². The number of carbonyl (C=O) groups excluding carboxylic acids is 1. The van der Waals surface area contributed by atoms with E-state index >= 15 is 0 Å². The number of halogens is 3. The summed E-state index contributed by atoms with van der Waals surface area (Å²) in [5.74, 6) is -1.78. The van der Waals surface area contributed by atoms with Crippen LogP contribution in [-0.2, 0) is 9.59 Å². The lowest BCUT2D eigenvalue weighted by Crippen LogP contribution is -2.48. The Morgan fingerprint density at radius 1 is 0.885 bits per heavy atom. The second-order valence-corrected chi connectivity index (χ2v) is 4.90. The van der Waals surface area contributed by atoms with E-state index in [1.54, 1.807) is 0 Å². The van der Waals surface area contributed by atoms with Gasteiger partial charge in [0.05, 0.1) is 6.04 Å². The number of guanidine groups is 2. The van der Waals surface area contributed by atoms with Gasteiger partial charge in [0.2, 0.25) is 5.91 Å². The Morgan fingerprint density at radius 3 is 1.69 bits per heavy atom. The molecule has 0 radical (unpaired) electrons. The quantitative estimate of drug-likeness (QED) is 0.111. The van der Waals surface area contributed by atoms with Crippen molar-refractivity contribution < 1.29 is 14.7 Å². The summed E-state index contributed by atoms with van der Waals surface area (Å²) in [5, 5.41) is 11.5. The minimum Gasteiger partial charge on any atom is -0.480 e. The molecule has 0 heterocycles. The molecule has 0 fully saturated rings. The molecule has 26 heavy (non-hydrogen) atoms. The molecule has 0 bridgehead atoms. The molecule has 0 spiro atoms. The summed E-state index contributed by atoms with van der Waals surface area (Å²) in [6.45, 7) is 0.636. The summed E-state index contributed by atoms with van der Waals surface area (Å²) in [5.41, 5.74) is 26.4. The lowest BCUT2D eigenvalue weighted by Gasteiger charge is -2.17. The highest BCUT2D eigenvalue weighted by Crippen LogP contribution is 2.01. The summed E-state index contributed by atoms with van der Waals surface area (Å²) in [7, 11) is 0. The van der Waals surface area contributed by atoms with Crippen LogP contribution in [0.5, 0.6) is 0 Å². The number of aliphatic imine (C=N–C) groups is 2. The first-order valence-corrected chi connectivity index (χ1v) is 7.13. The molecule has 0 rings (SSSR count). The average molecular weight is 440 g/mol. The van der Waals surface area contributed by atoms with E-state index in [1.165, 1.54) is 0 Å². The van der Waals surface area contributed by atoms with E-state index in [2.05, 4.69) is 15.3 Å². The fourth-order valence-electron chi connectivity index (χ4n) is 1.69. The van der Waals surface area contributed by atoms with Gasteiger partial charge in [0, 0.05) is 13.1 Å². The zero-order chi connectivity index (χ0) is 17.8. The van der Waals surface area contributed by atoms with Crippen molar-refractivity contribution in [2.75, 3.05) is 13.1 Å². The number of nitrogens with zero attached hydrogens (tertiary/aromatic N) is 2. The van der Waals surface area contributed by atoms with E-state index in [0.717, 1.165) is 0 Å². The molecule has 0 aliphatic rings. The number of nitrogens with two attached hydrogens (primary N) is 5. The lowest BCUT2D eigenvalue weighted by molar-refractivity contribution is -0.142. The summed E-state index contributed by atoms with van der Waals surface area (Å²) in [4.78, 5) is 30.5. The minimum atomic E-state index is -1.14. The Balaban J connectivity index is -0.000000807. The van der Waals surface area contributed by atoms with Crippen LogP contribution < -0.4 is 34.0 Å². The molecule has 0 aliphatic heterocycles. The van der Waals surface area contributed by atoms with Gasteiger partial charge in [-0.25, -0.2) is 4.79 Å². The number of rotatable bonds is 11. The summed E-state index contributed by atoms with van der Waals surface area (Å²) >= 11 is 0. The molecule has 156 valence electrons. The highest BCUT2D eigenvalue weighted by molar-refractivity contribution is 5.87. The van der Waals surface area contributed by atoms with Crippen molar-refractivity contribution in [2.45, 2.75) is 37.8 Å². The maximum absolute atomic E-state index is 11.9. The van der Waals surface area contributed by atoms with Gasteiger partial charge in [0.1, 0.15) is 6.04 Å². The summed E-state index contributed by atoms with van der Waals surface area (Å²) in [6, 6.07) is -1.87. The minimum absolute atomic E-state index is 0. The van der Waals surface area contributed by atoms with E-state index in [9.17, 15) is 9.59 Å². The topological polar surface area (TPSA) is 221 Å². The van der Waals surface area contributed by atoms with E-state index in [0.29, 0.717) is 25.8 Å². The molecular formula is C12H29Cl3N8O3. The van der Waals surface area contributed by atoms with Crippen LogP contribution in [0.2, 0.25) is 0 Å². The van der Waals surface area contributed by atoms with Gasteiger partial charge in [0.15, 0.2) is 11.9 Å². The monoisotopic (exact) mass is 438 g/mol. The first-order chi connectivity index (χ1) is 10.7. The number of hydrogen-bond donors (Lipinski definition) is 7. The predicted molar refractivity (Wildman–Crippen MR) is 109 cm³/mol. The Bertz CT molecular complexity index is 457. The largest absolute Gasteiger partial charge is 0.480 e. The Kier molecular flexibility index (Phi) is 22.3. The number of nitrogens with one attached hydrogen (secondary N) is 1. The van der Waals surface area contributed by atoms with Crippen molar-refractivity contribution in [1.82, 2.24) is 5.32 Å². The van der Waals surface area contributed by atoms with E-state index in [1.807, 2.05) is 0 Å². The number of hydrogen-bond acceptors (Lipinski definition) is 5. The number of amides is 1. The fourth-order valence-corrected chi connectivity index (χ4v) is 1.69. The Morgan fingerprint density at radius 2 is 1.31 bits per heavy atom. The first kappa shape index (κ1) is 32.0. The highest BCUT2D eigenvalue weighted by Gasteiger charge is 2.22. The molecule has 14 heteroatoms. The molecule has 0 saturated carbocycles. The zero-order valence-corrected chi connectivity index (χ0v) is 16.6. The predicted octanol–water partition coefficient (Wildman–Crippen LogP) is -1.74. The number of aliphatic carboxylic acids is 1. The van der Waals surface area contributed by atoms with Crippen molar-refractivity contribution in [1.29, 1.82) is 0 Å². The lowest BCUT2D eigenvalue weighted by atomic mass is 10.1. The maximum Gasteiger partial charge on any atom is 0.326 e. The highest BCUT2D eigenvalue weighted by atomic mass is 35.5. The smallest absolute Gasteiger partial charge is 0.326 e. The van der Waals surface area contributed by atoms with Crippen LogP contribution in [0.1, 0.15) is 25.7 Å². The average Bonchev–Trinajstić information content (AvgIpc) is 2.45. The zero-order valence-electron chi connectivity index (χ0n) is 14.2. The normalized spacial score (nSPS) is 11.3. The second-order valence-electron chi connectivity index (χ2n) is 4.90. The van der Waals surface area contributed by atoms with Crippen LogP contribution >= 0.6 is 37.2 Å². The molecule has 2 atom stereocenters. The van der Waals surface area contributed by atoms with Crippen molar-refractivity contribution in [3.05, 3.63) is 0 Å². The van der Waals surface area contributed by atoms with Gasteiger partial charge in [-0.05, 0) is 25.7 Å². The Hall–Kier alpha value is -1.69. The van der Waals surface area contributed by atoms with E-state index in [-0.39, 0.29) is 62.1 Å². The van der Waals surface area contributed by atoms with E-state index < -0.39 is 24.0 Å². The third kappa shape index (κ3) is 17.1. The summed E-state index contributed by atoms with van der Waals surface area (Å²) in [6.07, 6.45) is 1.45. The van der Waals surface area contributed by atoms with Gasteiger partial charge in [-0.1, -0.05) is 0 Å². The molecule has 11 nitrogen and oxygen atoms in total. The second kappa shape index (κ2) is 18.1. The first-order valence-electron chi connectivity index (χ1n) is 7.13. The van der Waals surface area contributed by atoms with Crippen LogP contribution in [0.15, 0.2) is 9.98 Å². The molecule has 0 aromatic rings. The number of carbonyl (C=O) groups is 2.